The summed E-state index contributed by atoms with van der Waals surface area (Å²) in [6.07, 6.45) is 1.99. The van der Waals surface area contributed by atoms with E-state index < -0.39 is 5.82 Å². The summed E-state index contributed by atoms with van der Waals surface area (Å²) in [6.45, 7) is 5.10. The van der Waals surface area contributed by atoms with Crippen molar-refractivity contribution in [3.63, 3.8) is 0 Å². The molecule has 4 nitrogen and oxygen atoms in total. The molecule has 0 aliphatic carbocycles. The summed E-state index contributed by atoms with van der Waals surface area (Å²) < 4.78 is 15.6. The molecular formula is C16H17ClFN3O. The van der Waals surface area contributed by atoms with E-state index in [4.69, 9.17) is 11.6 Å². The van der Waals surface area contributed by atoms with E-state index in [1.54, 1.807) is 11.0 Å². The maximum Gasteiger partial charge on any atom is 0.291 e. The number of amides is 1. The Labute approximate surface area is 133 Å². The van der Waals surface area contributed by atoms with Gasteiger partial charge in [0.2, 0.25) is 5.82 Å². The highest BCUT2D eigenvalue weighted by Gasteiger charge is 2.32. The van der Waals surface area contributed by atoms with Crippen molar-refractivity contribution in [3.8, 4) is 11.3 Å². The molecule has 6 heteroatoms. The average molecular weight is 322 g/mol. The van der Waals surface area contributed by atoms with Crippen molar-refractivity contribution in [1.82, 2.24) is 14.5 Å². The van der Waals surface area contributed by atoms with Gasteiger partial charge in [-0.05, 0) is 25.5 Å². The second-order valence-electron chi connectivity index (χ2n) is 5.49. The van der Waals surface area contributed by atoms with Crippen LogP contribution in [0.5, 0.6) is 0 Å². The lowest BCUT2D eigenvalue weighted by atomic mass is 10.1. The third kappa shape index (κ3) is 2.39. The lowest BCUT2D eigenvalue weighted by molar-refractivity contribution is 0.0763. The van der Waals surface area contributed by atoms with Crippen LogP contribution in [-0.4, -0.2) is 26.9 Å². The Hall–Kier alpha value is -1.88. The van der Waals surface area contributed by atoms with Gasteiger partial charge in [0.25, 0.3) is 5.91 Å². The van der Waals surface area contributed by atoms with E-state index in [0.29, 0.717) is 24.6 Å². The van der Waals surface area contributed by atoms with E-state index in [-0.39, 0.29) is 10.9 Å². The molecule has 1 aliphatic heterocycles. The highest BCUT2D eigenvalue weighted by atomic mass is 35.5. The molecule has 1 aromatic heterocycles. The fourth-order valence-electron chi connectivity index (χ4n) is 2.78. The number of nitrogens with zero attached hydrogens (tertiary/aromatic N) is 3. The molecule has 2 heterocycles. The number of rotatable bonds is 4. The first-order valence-electron chi connectivity index (χ1n) is 7.34. The summed E-state index contributed by atoms with van der Waals surface area (Å²) in [5.41, 5.74) is 2.18. The molecule has 0 atom stereocenters. The molecule has 1 aliphatic rings. The zero-order valence-electron chi connectivity index (χ0n) is 12.6. The van der Waals surface area contributed by atoms with Crippen molar-refractivity contribution < 1.29 is 9.18 Å². The highest BCUT2D eigenvalue weighted by molar-refractivity contribution is 6.30. The van der Waals surface area contributed by atoms with Crippen LogP contribution in [0.2, 0.25) is 5.02 Å². The summed E-state index contributed by atoms with van der Waals surface area (Å²) >= 11 is 5.74. The van der Waals surface area contributed by atoms with Crippen LogP contribution in [0, 0.1) is 12.7 Å². The largest absolute Gasteiger partial charge is 0.318 e. The molecule has 2 aromatic rings. The molecule has 116 valence electrons. The SMILES string of the molecule is CCCCN1Cn2c(nc(C)c2-c2ccc(Cl)c(F)c2)C1=O. The molecule has 0 bridgehead atoms. The molecule has 0 saturated carbocycles. The minimum Gasteiger partial charge on any atom is -0.318 e. The van der Waals surface area contributed by atoms with Gasteiger partial charge in [-0.15, -0.1) is 0 Å². The standard InChI is InChI=1S/C16H17ClFN3O/c1-3-4-7-20-9-21-14(10(2)19-15(21)16(20)22)11-5-6-12(17)13(18)8-11/h5-6,8H,3-4,7,9H2,1-2H3. The Morgan fingerprint density at radius 2 is 2.18 bits per heavy atom. The van der Waals surface area contributed by atoms with Crippen LogP contribution in [0.3, 0.4) is 0 Å². The summed E-state index contributed by atoms with van der Waals surface area (Å²) in [5.74, 6) is -0.0996. The second-order valence-corrected chi connectivity index (χ2v) is 5.90. The number of aromatic nitrogens is 2. The first kappa shape index (κ1) is 15.0. The van der Waals surface area contributed by atoms with Crippen LogP contribution in [0.1, 0.15) is 36.1 Å². The maximum absolute atomic E-state index is 13.7. The zero-order chi connectivity index (χ0) is 15.9. The van der Waals surface area contributed by atoms with Crippen LogP contribution in [0.25, 0.3) is 11.3 Å². The van der Waals surface area contributed by atoms with Gasteiger partial charge in [-0.3, -0.25) is 4.79 Å². The van der Waals surface area contributed by atoms with Crippen molar-refractivity contribution in [2.75, 3.05) is 6.54 Å². The van der Waals surface area contributed by atoms with Gasteiger partial charge in [-0.25, -0.2) is 9.37 Å². The number of benzene rings is 1. The minimum absolute atomic E-state index is 0.0581. The number of halogens is 2. The van der Waals surface area contributed by atoms with E-state index in [1.807, 2.05) is 11.5 Å². The number of fused-ring (bicyclic) bond motifs is 1. The smallest absolute Gasteiger partial charge is 0.291 e. The van der Waals surface area contributed by atoms with Crippen LogP contribution in [0.15, 0.2) is 18.2 Å². The highest BCUT2D eigenvalue weighted by Crippen LogP contribution is 2.31. The van der Waals surface area contributed by atoms with Gasteiger partial charge in [0, 0.05) is 12.1 Å². The lowest BCUT2D eigenvalue weighted by Crippen LogP contribution is -2.26. The molecule has 22 heavy (non-hydrogen) atoms. The summed E-state index contributed by atoms with van der Waals surface area (Å²) in [4.78, 5) is 18.5. The molecule has 0 saturated heterocycles. The predicted octanol–water partition coefficient (Wildman–Crippen LogP) is 3.86. The Morgan fingerprint density at radius 1 is 1.41 bits per heavy atom. The predicted molar refractivity (Wildman–Crippen MR) is 83.3 cm³/mol. The number of aryl methyl sites for hydroxylation is 1. The van der Waals surface area contributed by atoms with Crippen molar-refractivity contribution in [2.45, 2.75) is 33.4 Å². The molecule has 0 radical (unpaired) electrons. The number of hydrogen-bond acceptors (Lipinski definition) is 2. The van der Waals surface area contributed by atoms with Crippen LogP contribution in [-0.2, 0) is 6.67 Å². The number of hydrogen-bond donors (Lipinski definition) is 0. The van der Waals surface area contributed by atoms with Crippen molar-refractivity contribution in [2.24, 2.45) is 0 Å². The maximum atomic E-state index is 13.7. The lowest BCUT2D eigenvalue weighted by Gasteiger charge is -2.15. The summed E-state index contributed by atoms with van der Waals surface area (Å²) in [5, 5.41) is 0.0863. The van der Waals surface area contributed by atoms with Crippen LogP contribution in [0.4, 0.5) is 4.39 Å². The third-order valence-electron chi connectivity index (χ3n) is 3.91. The first-order chi connectivity index (χ1) is 10.5. The van der Waals surface area contributed by atoms with Gasteiger partial charge in [0.05, 0.1) is 23.1 Å². The number of carbonyl (C=O) groups excluding carboxylic acids is 1. The van der Waals surface area contributed by atoms with Gasteiger partial charge in [0.1, 0.15) is 5.82 Å². The normalized spacial score (nSPS) is 13.8. The Bertz CT molecular complexity index is 741. The van der Waals surface area contributed by atoms with Gasteiger partial charge in [0.15, 0.2) is 0 Å². The Balaban J connectivity index is 2.00. The molecule has 1 aromatic carbocycles. The fraction of sp³-hybridized carbons (Fsp3) is 0.375. The minimum atomic E-state index is -0.471. The van der Waals surface area contributed by atoms with Crippen molar-refractivity contribution in [3.05, 3.63) is 40.6 Å². The first-order valence-corrected chi connectivity index (χ1v) is 7.72. The Morgan fingerprint density at radius 3 is 2.86 bits per heavy atom. The molecule has 1 amide bonds. The van der Waals surface area contributed by atoms with Crippen molar-refractivity contribution >= 4 is 17.5 Å². The molecule has 0 N–H and O–H groups in total. The quantitative estimate of drug-likeness (QED) is 0.857. The van der Waals surface area contributed by atoms with Crippen molar-refractivity contribution in [1.29, 1.82) is 0 Å². The van der Waals surface area contributed by atoms with Gasteiger partial charge < -0.3 is 9.47 Å². The molecule has 0 unspecified atom stereocenters. The Kier molecular flexibility index (Phi) is 3.91. The average Bonchev–Trinajstić information content (AvgIpc) is 2.96. The summed E-state index contributed by atoms with van der Waals surface area (Å²) in [6, 6.07) is 4.66. The fourth-order valence-corrected chi connectivity index (χ4v) is 2.90. The van der Waals surface area contributed by atoms with E-state index in [0.717, 1.165) is 24.2 Å². The second kappa shape index (κ2) is 5.72. The molecule has 3 rings (SSSR count). The van der Waals surface area contributed by atoms with Crippen LogP contribution >= 0.6 is 11.6 Å². The number of unbranched alkanes of at least 4 members (excludes halogenated alkanes) is 1. The van der Waals surface area contributed by atoms with E-state index in [9.17, 15) is 9.18 Å². The van der Waals surface area contributed by atoms with E-state index in [2.05, 4.69) is 11.9 Å². The van der Waals surface area contributed by atoms with E-state index >= 15 is 0 Å². The number of imidazole rings is 1. The topological polar surface area (TPSA) is 38.1 Å². The summed E-state index contributed by atoms with van der Waals surface area (Å²) in [7, 11) is 0. The van der Waals surface area contributed by atoms with Gasteiger partial charge in [-0.1, -0.05) is 31.0 Å². The number of carbonyl (C=O) groups is 1. The van der Waals surface area contributed by atoms with Gasteiger partial charge >= 0.3 is 0 Å². The third-order valence-corrected chi connectivity index (χ3v) is 4.21. The molecule has 0 fully saturated rings. The monoisotopic (exact) mass is 321 g/mol. The zero-order valence-corrected chi connectivity index (χ0v) is 13.3. The molecular weight excluding hydrogens is 305 g/mol. The molecule has 0 spiro atoms. The van der Waals surface area contributed by atoms with E-state index in [1.165, 1.54) is 12.1 Å². The van der Waals surface area contributed by atoms with Crippen LogP contribution < -0.4 is 0 Å². The van der Waals surface area contributed by atoms with Gasteiger partial charge in [-0.2, -0.15) is 0 Å².